The van der Waals surface area contributed by atoms with Gasteiger partial charge >= 0.3 is 0 Å². The molecule has 8 nitrogen and oxygen atoms in total. The summed E-state index contributed by atoms with van der Waals surface area (Å²) < 4.78 is 1.35. The summed E-state index contributed by atoms with van der Waals surface area (Å²) in [6.45, 7) is 5.70. The molecule has 0 bridgehead atoms. The molecule has 1 fully saturated rings. The van der Waals surface area contributed by atoms with Gasteiger partial charge in [-0.2, -0.15) is 0 Å². The minimum atomic E-state index is -0.681. The Labute approximate surface area is 188 Å². The van der Waals surface area contributed by atoms with Gasteiger partial charge in [0.1, 0.15) is 17.0 Å². The number of pyridine rings is 1. The molecular weight excluding hydrogens is 426 g/mol. The van der Waals surface area contributed by atoms with E-state index in [-0.39, 0.29) is 28.6 Å². The van der Waals surface area contributed by atoms with E-state index in [1.54, 1.807) is 24.4 Å². The summed E-state index contributed by atoms with van der Waals surface area (Å²) in [4.78, 5) is 44.5. The number of rotatable bonds is 5. The van der Waals surface area contributed by atoms with Gasteiger partial charge < -0.3 is 5.32 Å². The molecule has 9 heteroatoms. The Morgan fingerprint density at radius 1 is 1.16 bits per heavy atom. The fourth-order valence-corrected chi connectivity index (χ4v) is 3.49. The summed E-state index contributed by atoms with van der Waals surface area (Å²) in [5.74, 6) is -1.07. The van der Waals surface area contributed by atoms with Gasteiger partial charge in [0.2, 0.25) is 0 Å². The molecule has 1 saturated heterocycles. The lowest BCUT2D eigenvalue weighted by molar-refractivity contribution is -0.128. The molecule has 0 atom stereocenters. The maximum Gasteiger partial charge on any atom is 0.267 e. The smallest absolute Gasteiger partial charge is 0.267 e. The van der Waals surface area contributed by atoms with Crippen molar-refractivity contribution in [1.29, 1.82) is 0 Å². The van der Waals surface area contributed by atoms with Crippen LogP contribution in [0.3, 0.4) is 0 Å². The van der Waals surface area contributed by atoms with Crippen molar-refractivity contribution >= 4 is 52.4 Å². The van der Waals surface area contributed by atoms with Crippen LogP contribution in [0, 0.1) is 6.92 Å². The maximum atomic E-state index is 13.3. The Bertz CT molecular complexity index is 1360. The molecule has 3 heterocycles. The Balaban J connectivity index is 1.89. The molecule has 1 aromatic carbocycles. The van der Waals surface area contributed by atoms with Crippen LogP contribution in [0.1, 0.15) is 11.1 Å². The van der Waals surface area contributed by atoms with E-state index >= 15 is 0 Å². The molecule has 0 spiro atoms. The first-order valence-electron chi connectivity index (χ1n) is 9.74. The Morgan fingerprint density at radius 3 is 2.62 bits per heavy atom. The summed E-state index contributed by atoms with van der Waals surface area (Å²) in [5.41, 5.74) is 1.62. The number of benzene rings is 1. The van der Waals surface area contributed by atoms with Crippen molar-refractivity contribution in [3.05, 3.63) is 88.4 Å². The van der Waals surface area contributed by atoms with Crippen LogP contribution in [-0.2, 0) is 9.59 Å². The molecule has 0 radical (unpaired) electrons. The van der Waals surface area contributed by atoms with Crippen LogP contribution in [0.2, 0.25) is 0 Å². The van der Waals surface area contributed by atoms with Gasteiger partial charge in [-0.25, -0.2) is 4.98 Å². The Morgan fingerprint density at radius 2 is 1.91 bits per heavy atom. The number of amides is 2. The number of anilines is 2. The summed E-state index contributed by atoms with van der Waals surface area (Å²) in [6.07, 6.45) is 4.32. The summed E-state index contributed by atoms with van der Waals surface area (Å²) in [7, 11) is 0. The number of nitrogens with one attached hydrogen (secondary N) is 2. The standard InChI is InChI=1S/C23H19N5O3S/c1-3-11-28-22(31)17(20(29)26-23(28)32)13-16-19(24-15-9-7-14(2)8-10-15)25-18-6-4-5-12-27(18)21(16)30/h3-10,12-13,24H,1,11H2,2H3,(H,26,29,32)/b17-13+. The van der Waals surface area contributed by atoms with Gasteiger partial charge in [-0.05, 0) is 49.5 Å². The quantitative estimate of drug-likeness (QED) is 0.271. The Kier molecular flexibility index (Phi) is 5.65. The number of nitrogens with zero attached hydrogens (tertiary/aromatic N) is 3. The molecule has 1 aliphatic rings. The normalized spacial score (nSPS) is 15.2. The topological polar surface area (TPSA) is 95.8 Å². The molecular formula is C23H19N5O3S. The fraction of sp³-hybridized carbons (Fsp3) is 0.0870. The molecule has 160 valence electrons. The molecule has 4 rings (SSSR count). The highest BCUT2D eigenvalue weighted by Crippen LogP contribution is 2.22. The van der Waals surface area contributed by atoms with Crippen LogP contribution < -0.4 is 16.2 Å². The molecule has 2 N–H and O–H groups in total. The summed E-state index contributed by atoms with van der Waals surface area (Å²) in [6, 6.07) is 12.7. The van der Waals surface area contributed by atoms with Gasteiger partial charge in [-0.15, -0.1) is 6.58 Å². The first-order valence-corrected chi connectivity index (χ1v) is 10.1. The van der Waals surface area contributed by atoms with Crippen molar-refractivity contribution in [2.24, 2.45) is 0 Å². The van der Waals surface area contributed by atoms with E-state index in [2.05, 4.69) is 22.2 Å². The largest absolute Gasteiger partial charge is 0.339 e. The van der Waals surface area contributed by atoms with E-state index in [4.69, 9.17) is 12.2 Å². The van der Waals surface area contributed by atoms with Gasteiger partial charge in [0.05, 0.1) is 5.56 Å². The number of fused-ring (bicyclic) bond motifs is 1. The highest BCUT2D eigenvalue weighted by Gasteiger charge is 2.33. The summed E-state index contributed by atoms with van der Waals surface area (Å²) in [5, 5.41) is 5.60. The molecule has 3 aromatic rings. The van der Waals surface area contributed by atoms with Crippen molar-refractivity contribution < 1.29 is 9.59 Å². The molecule has 2 aromatic heterocycles. The second-order valence-electron chi connectivity index (χ2n) is 7.12. The number of hydrogen-bond acceptors (Lipinski definition) is 6. The third kappa shape index (κ3) is 3.93. The monoisotopic (exact) mass is 445 g/mol. The third-order valence-corrected chi connectivity index (χ3v) is 5.19. The molecule has 0 saturated carbocycles. The molecule has 2 amide bonds. The van der Waals surface area contributed by atoms with Gasteiger partial charge in [-0.1, -0.05) is 29.8 Å². The second-order valence-corrected chi connectivity index (χ2v) is 7.51. The number of carbonyl (C=O) groups is 2. The maximum absolute atomic E-state index is 13.3. The number of aryl methyl sites for hydroxylation is 1. The van der Waals surface area contributed by atoms with Gasteiger partial charge in [0, 0.05) is 18.4 Å². The zero-order valence-electron chi connectivity index (χ0n) is 17.2. The van der Waals surface area contributed by atoms with E-state index in [1.165, 1.54) is 21.5 Å². The van der Waals surface area contributed by atoms with E-state index < -0.39 is 17.4 Å². The van der Waals surface area contributed by atoms with Crippen molar-refractivity contribution in [3.63, 3.8) is 0 Å². The number of carbonyl (C=O) groups excluding carboxylic acids is 2. The lowest BCUT2D eigenvalue weighted by atomic mass is 10.1. The van der Waals surface area contributed by atoms with E-state index in [0.29, 0.717) is 11.3 Å². The van der Waals surface area contributed by atoms with Crippen molar-refractivity contribution in [3.8, 4) is 0 Å². The van der Waals surface area contributed by atoms with Gasteiger partial charge in [0.15, 0.2) is 5.11 Å². The lowest BCUT2D eigenvalue weighted by Crippen LogP contribution is -2.53. The highest BCUT2D eigenvalue weighted by atomic mass is 32.1. The average molecular weight is 446 g/mol. The van der Waals surface area contributed by atoms with Crippen LogP contribution in [-0.4, -0.2) is 37.8 Å². The van der Waals surface area contributed by atoms with Gasteiger partial charge in [0.25, 0.3) is 17.4 Å². The van der Waals surface area contributed by atoms with Crippen LogP contribution in [0.25, 0.3) is 11.7 Å². The minimum Gasteiger partial charge on any atom is -0.339 e. The van der Waals surface area contributed by atoms with Crippen LogP contribution >= 0.6 is 12.2 Å². The fourth-order valence-electron chi connectivity index (χ4n) is 3.23. The predicted molar refractivity (Wildman–Crippen MR) is 127 cm³/mol. The minimum absolute atomic E-state index is 0.0107. The van der Waals surface area contributed by atoms with Crippen LogP contribution in [0.4, 0.5) is 11.5 Å². The summed E-state index contributed by atoms with van der Waals surface area (Å²) >= 11 is 5.08. The van der Waals surface area contributed by atoms with E-state index in [9.17, 15) is 14.4 Å². The van der Waals surface area contributed by atoms with E-state index in [1.807, 2.05) is 31.2 Å². The number of thiocarbonyl (C=S) groups is 1. The SMILES string of the molecule is C=CCN1C(=O)/C(=C/c2c(Nc3ccc(C)cc3)nc3ccccn3c2=O)C(=O)NC1=S. The van der Waals surface area contributed by atoms with Crippen molar-refractivity contribution in [1.82, 2.24) is 19.6 Å². The second kappa shape index (κ2) is 8.56. The number of aromatic nitrogens is 2. The number of hydrogen-bond donors (Lipinski definition) is 2. The molecule has 32 heavy (non-hydrogen) atoms. The van der Waals surface area contributed by atoms with Gasteiger partial charge in [-0.3, -0.25) is 29.0 Å². The lowest BCUT2D eigenvalue weighted by Gasteiger charge is -2.27. The molecule has 0 aliphatic carbocycles. The van der Waals surface area contributed by atoms with Crippen LogP contribution in [0.15, 0.2) is 71.7 Å². The molecule has 1 aliphatic heterocycles. The first kappa shape index (κ1) is 21.1. The predicted octanol–water partition coefficient (Wildman–Crippen LogP) is 2.56. The zero-order chi connectivity index (χ0) is 22.8. The third-order valence-electron chi connectivity index (χ3n) is 4.87. The van der Waals surface area contributed by atoms with Crippen molar-refractivity contribution in [2.75, 3.05) is 11.9 Å². The molecule has 0 unspecified atom stereocenters. The average Bonchev–Trinajstić information content (AvgIpc) is 2.77. The highest BCUT2D eigenvalue weighted by molar-refractivity contribution is 7.80. The zero-order valence-corrected chi connectivity index (χ0v) is 18.0. The Hall–Kier alpha value is -4.11. The van der Waals surface area contributed by atoms with E-state index in [0.717, 1.165) is 5.56 Å². The van der Waals surface area contributed by atoms with Crippen molar-refractivity contribution in [2.45, 2.75) is 6.92 Å². The van der Waals surface area contributed by atoms with Crippen LogP contribution in [0.5, 0.6) is 0 Å². The first-order chi connectivity index (χ1) is 15.4.